The Morgan fingerprint density at radius 2 is 1.82 bits per heavy atom. The van der Waals surface area contributed by atoms with Crippen LogP contribution in [0.5, 0.6) is 0 Å². The van der Waals surface area contributed by atoms with E-state index in [-0.39, 0.29) is 0 Å². The molecule has 0 aliphatic rings. The predicted octanol–water partition coefficient (Wildman–Crippen LogP) is 2.61. The molecule has 2 aromatic rings. The fourth-order valence-corrected chi connectivity index (χ4v) is 1.75. The first kappa shape index (κ1) is 11.5. The first-order chi connectivity index (χ1) is 8.15. The summed E-state index contributed by atoms with van der Waals surface area (Å²) in [4.78, 5) is 6.64. The van der Waals surface area contributed by atoms with Gasteiger partial charge in [-0.3, -0.25) is 4.98 Å². The van der Waals surface area contributed by atoms with E-state index in [1.54, 1.807) is 0 Å². The van der Waals surface area contributed by atoms with Crippen LogP contribution in [0, 0.1) is 6.92 Å². The van der Waals surface area contributed by atoms with E-state index in [0.29, 0.717) is 0 Å². The van der Waals surface area contributed by atoms with Crippen molar-refractivity contribution in [1.82, 2.24) is 4.98 Å². The number of nitrogens with two attached hydrogens (primary N) is 1. The highest BCUT2D eigenvalue weighted by Crippen LogP contribution is 2.16. The third-order valence-electron chi connectivity index (χ3n) is 2.68. The molecular weight excluding hydrogens is 210 g/mol. The molecule has 0 fully saturated rings. The molecule has 17 heavy (non-hydrogen) atoms. The molecule has 0 radical (unpaired) electrons. The Labute approximate surface area is 102 Å². The summed E-state index contributed by atoms with van der Waals surface area (Å²) in [6.45, 7) is 2.80. The lowest BCUT2D eigenvalue weighted by molar-refractivity contribution is 0.877. The zero-order valence-electron chi connectivity index (χ0n) is 10.2. The van der Waals surface area contributed by atoms with Gasteiger partial charge in [0.2, 0.25) is 0 Å². The zero-order chi connectivity index (χ0) is 12.3. The first-order valence-corrected chi connectivity index (χ1v) is 5.64. The van der Waals surface area contributed by atoms with E-state index >= 15 is 0 Å². The van der Waals surface area contributed by atoms with E-state index in [9.17, 15) is 0 Å². The minimum Gasteiger partial charge on any atom is -0.399 e. The highest BCUT2D eigenvalue weighted by molar-refractivity contribution is 5.52. The Balaban J connectivity index is 2.11. The van der Waals surface area contributed by atoms with E-state index in [1.165, 1.54) is 0 Å². The van der Waals surface area contributed by atoms with Crippen molar-refractivity contribution < 1.29 is 0 Å². The van der Waals surface area contributed by atoms with Crippen molar-refractivity contribution in [1.29, 1.82) is 0 Å². The number of anilines is 2. The SMILES string of the molecule is Cc1cccc(CN(C)c2ccc(N)cc2)n1. The fourth-order valence-electron chi connectivity index (χ4n) is 1.75. The van der Waals surface area contributed by atoms with E-state index < -0.39 is 0 Å². The molecule has 0 bridgehead atoms. The zero-order valence-corrected chi connectivity index (χ0v) is 10.2. The van der Waals surface area contributed by atoms with E-state index in [2.05, 4.69) is 16.9 Å². The molecule has 2 rings (SSSR count). The average molecular weight is 227 g/mol. The summed E-state index contributed by atoms with van der Waals surface area (Å²) >= 11 is 0. The summed E-state index contributed by atoms with van der Waals surface area (Å²) < 4.78 is 0. The van der Waals surface area contributed by atoms with Crippen LogP contribution in [0.2, 0.25) is 0 Å². The van der Waals surface area contributed by atoms with E-state index in [1.807, 2.05) is 49.4 Å². The average Bonchev–Trinajstić information content (AvgIpc) is 2.29. The van der Waals surface area contributed by atoms with E-state index in [4.69, 9.17) is 5.73 Å². The monoisotopic (exact) mass is 227 g/mol. The van der Waals surface area contributed by atoms with Crippen molar-refractivity contribution in [2.75, 3.05) is 17.7 Å². The Morgan fingerprint density at radius 3 is 2.47 bits per heavy atom. The molecular formula is C14H17N3. The Kier molecular flexibility index (Phi) is 3.28. The molecule has 0 spiro atoms. The number of hydrogen-bond donors (Lipinski definition) is 1. The Morgan fingerprint density at radius 1 is 1.12 bits per heavy atom. The van der Waals surface area contributed by atoms with Gasteiger partial charge in [0.25, 0.3) is 0 Å². The Hall–Kier alpha value is -2.03. The molecule has 0 aliphatic heterocycles. The molecule has 0 aliphatic carbocycles. The number of aryl methyl sites for hydroxylation is 1. The van der Waals surface area contributed by atoms with Gasteiger partial charge in [0.1, 0.15) is 0 Å². The molecule has 1 aromatic heterocycles. The van der Waals surface area contributed by atoms with Gasteiger partial charge in [0.15, 0.2) is 0 Å². The standard InChI is InChI=1S/C14H17N3/c1-11-4-3-5-13(16-11)10-17(2)14-8-6-12(15)7-9-14/h3-9H,10,15H2,1-2H3. The highest BCUT2D eigenvalue weighted by Gasteiger charge is 2.02. The summed E-state index contributed by atoms with van der Waals surface area (Å²) in [6, 6.07) is 13.9. The molecule has 1 heterocycles. The summed E-state index contributed by atoms with van der Waals surface area (Å²) in [5.74, 6) is 0. The van der Waals surface area contributed by atoms with Crippen LogP contribution in [0.3, 0.4) is 0 Å². The number of benzene rings is 1. The van der Waals surface area contributed by atoms with Gasteiger partial charge in [-0.05, 0) is 43.3 Å². The van der Waals surface area contributed by atoms with Crippen LogP contribution in [-0.4, -0.2) is 12.0 Å². The van der Waals surface area contributed by atoms with Gasteiger partial charge in [-0.25, -0.2) is 0 Å². The maximum Gasteiger partial charge on any atom is 0.0600 e. The minimum atomic E-state index is 0.788. The maximum atomic E-state index is 5.67. The molecule has 0 atom stereocenters. The predicted molar refractivity (Wildman–Crippen MR) is 71.9 cm³/mol. The summed E-state index contributed by atoms with van der Waals surface area (Å²) in [7, 11) is 2.05. The van der Waals surface area contributed by atoms with Crippen molar-refractivity contribution in [3.8, 4) is 0 Å². The summed E-state index contributed by atoms with van der Waals surface area (Å²) in [6.07, 6.45) is 0. The lowest BCUT2D eigenvalue weighted by Gasteiger charge is -2.19. The van der Waals surface area contributed by atoms with Crippen molar-refractivity contribution in [3.63, 3.8) is 0 Å². The second-order valence-electron chi connectivity index (χ2n) is 4.22. The number of aromatic nitrogens is 1. The maximum absolute atomic E-state index is 5.67. The van der Waals surface area contributed by atoms with Crippen LogP contribution in [-0.2, 0) is 6.54 Å². The number of nitrogens with zero attached hydrogens (tertiary/aromatic N) is 2. The van der Waals surface area contributed by atoms with E-state index in [0.717, 1.165) is 29.3 Å². The van der Waals surface area contributed by atoms with Crippen LogP contribution in [0.15, 0.2) is 42.5 Å². The van der Waals surface area contributed by atoms with Crippen molar-refractivity contribution in [2.45, 2.75) is 13.5 Å². The van der Waals surface area contributed by atoms with Gasteiger partial charge < -0.3 is 10.6 Å². The van der Waals surface area contributed by atoms with Crippen LogP contribution < -0.4 is 10.6 Å². The van der Waals surface area contributed by atoms with Crippen LogP contribution in [0.25, 0.3) is 0 Å². The van der Waals surface area contributed by atoms with Gasteiger partial charge in [0.05, 0.1) is 12.2 Å². The second kappa shape index (κ2) is 4.87. The van der Waals surface area contributed by atoms with Gasteiger partial charge in [-0.1, -0.05) is 6.07 Å². The third kappa shape index (κ3) is 2.97. The molecule has 0 amide bonds. The second-order valence-corrected chi connectivity index (χ2v) is 4.22. The molecule has 3 nitrogen and oxygen atoms in total. The molecule has 88 valence electrons. The highest BCUT2D eigenvalue weighted by atomic mass is 15.1. The smallest absolute Gasteiger partial charge is 0.0600 e. The lowest BCUT2D eigenvalue weighted by Crippen LogP contribution is -2.17. The van der Waals surface area contributed by atoms with Gasteiger partial charge in [-0.2, -0.15) is 0 Å². The van der Waals surface area contributed by atoms with Gasteiger partial charge >= 0.3 is 0 Å². The normalized spacial score (nSPS) is 10.2. The fraction of sp³-hybridized carbons (Fsp3) is 0.214. The molecule has 3 heteroatoms. The molecule has 2 N–H and O–H groups in total. The van der Waals surface area contributed by atoms with Crippen LogP contribution in [0.1, 0.15) is 11.4 Å². The number of pyridine rings is 1. The largest absolute Gasteiger partial charge is 0.399 e. The lowest BCUT2D eigenvalue weighted by atomic mass is 10.2. The first-order valence-electron chi connectivity index (χ1n) is 5.64. The topological polar surface area (TPSA) is 42.1 Å². The van der Waals surface area contributed by atoms with Crippen molar-refractivity contribution >= 4 is 11.4 Å². The summed E-state index contributed by atoms with van der Waals surface area (Å²) in [5.41, 5.74) is 9.72. The summed E-state index contributed by atoms with van der Waals surface area (Å²) in [5, 5.41) is 0. The van der Waals surface area contributed by atoms with Crippen molar-refractivity contribution in [3.05, 3.63) is 53.9 Å². The number of nitrogen functional groups attached to an aromatic ring is 1. The molecule has 0 saturated heterocycles. The molecule has 0 saturated carbocycles. The minimum absolute atomic E-state index is 0.788. The number of hydrogen-bond acceptors (Lipinski definition) is 3. The quantitative estimate of drug-likeness (QED) is 0.819. The van der Waals surface area contributed by atoms with Crippen LogP contribution in [0.4, 0.5) is 11.4 Å². The third-order valence-corrected chi connectivity index (χ3v) is 2.68. The molecule has 0 unspecified atom stereocenters. The van der Waals surface area contributed by atoms with Crippen molar-refractivity contribution in [2.24, 2.45) is 0 Å². The van der Waals surface area contributed by atoms with Crippen LogP contribution >= 0.6 is 0 Å². The van der Waals surface area contributed by atoms with Gasteiger partial charge in [0, 0.05) is 24.1 Å². The Bertz CT molecular complexity index is 491. The number of rotatable bonds is 3. The molecule has 1 aromatic carbocycles. The van der Waals surface area contributed by atoms with Gasteiger partial charge in [-0.15, -0.1) is 0 Å².